The predicted molar refractivity (Wildman–Crippen MR) is 109 cm³/mol. The van der Waals surface area contributed by atoms with E-state index in [2.05, 4.69) is 30.0 Å². The molecule has 0 aliphatic carbocycles. The molecule has 0 saturated heterocycles. The fraction of sp³-hybridized carbons (Fsp3) is 0.316. The van der Waals surface area contributed by atoms with Crippen LogP contribution in [0.2, 0.25) is 5.02 Å². The number of thiazole rings is 1. The van der Waals surface area contributed by atoms with E-state index in [1.165, 1.54) is 23.2 Å². The van der Waals surface area contributed by atoms with E-state index in [4.69, 9.17) is 11.6 Å². The lowest BCUT2D eigenvalue weighted by molar-refractivity contribution is 0.0998. The summed E-state index contributed by atoms with van der Waals surface area (Å²) >= 11 is 7.63. The van der Waals surface area contributed by atoms with Gasteiger partial charge in [0.25, 0.3) is 5.91 Å². The summed E-state index contributed by atoms with van der Waals surface area (Å²) in [4.78, 5) is 22.2. The monoisotopic (exact) mass is 388 g/mol. The first-order valence-corrected chi connectivity index (χ1v) is 9.61. The Kier molecular flexibility index (Phi) is 5.44. The average molecular weight is 389 g/mol. The van der Waals surface area contributed by atoms with Crippen molar-refractivity contribution >= 4 is 46.1 Å². The van der Waals surface area contributed by atoms with Gasteiger partial charge in [-0.1, -0.05) is 31.5 Å². The Morgan fingerprint density at radius 1 is 1.42 bits per heavy atom. The van der Waals surface area contributed by atoms with Crippen LogP contribution in [0.15, 0.2) is 34.8 Å². The summed E-state index contributed by atoms with van der Waals surface area (Å²) < 4.78 is 2.01. The van der Waals surface area contributed by atoms with E-state index in [0.29, 0.717) is 16.6 Å². The number of hydrogen-bond acceptors (Lipinski definition) is 3. The highest BCUT2D eigenvalue weighted by atomic mass is 35.5. The molecule has 5 nitrogen and oxygen atoms in total. The number of nitrogens with zero attached hydrogens (tertiary/aromatic N) is 4. The topological polar surface area (TPSA) is 50.5 Å². The smallest absolute Gasteiger partial charge is 0.297 e. The van der Waals surface area contributed by atoms with E-state index in [1.54, 1.807) is 10.3 Å². The van der Waals surface area contributed by atoms with Crippen LogP contribution in [0.25, 0.3) is 16.0 Å². The molecule has 2 aromatic heterocycles. The van der Waals surface area contributed by atoms with Gasteiger partial charge >= 0.3 is 0 Å². The van der Waals surface area contributed by atoms with Crippen molar-refractivity contribution in [1.82, 2.24) is 14.5 Å². The molecule has 3 rings (SSSR count). The van der Waals surface area contributed by atoms with Crippen molar-refractivity contribution in [2.24, 2.45) is 10.9 Å². The third kappa shape index (κ3) is 3.97. The number of carbonyl (C=O) groups excluding carboxylic acids is 1. The van der Waals surface area contributed by atoms with E-state index in [0.717, 1.165) is 22.5 Å². The van der Waals surface area contributed by atoms with Crippen molar-refractivity contribution in [3.63, 3.8) is 0 Å². The number of halogens is 1. The van der Waals surface area contributed by atoms with Gasteiger partial charge < -0.3 is 4.90 Å². The molecule has 0 bridgehead atoms. The zero-order valence-corrected chi connectivity index (χ0v) is 16.8. The minimum absolute atomic E-state index is 0.345. The molecule has 2 heterocycles. The van der Waals surface area contributed by atoms with Crippen molar-refractivity contribution in [3.8, 4) is 5.13 Å². The summed E-state index contributed by atoms with van der Waals surface area (Å²) in [6.07, 6.45) is 4.54. The van der Waals surface area contributed by atoms with Crippen molar-refractivity contribution in [2.45, 2.75) is 20.3 Å². The number of rotatable bonds is 5. The van der Waals surface area contributed by atoms with Crippen molar-refractivity contribution in [3.05, 3.63) is 46.1 Å². The van der Waals surface area contributed by atoms with Gasteiger partial charge in [0.15, 0.2) is 5.13 Å². The summed E-state index contributed by atoms with van der Waals surface area (Å²) in [5.74, 6) is 0.191. The molecule has 0 saturated carbocycles. The molecule has 1 aromatic carbocycles. The highest BCUT2D eigenvalue weighted by Crippen LogP contribution is 2.30. The Morgan fingerprint density at radius 3 is 2.88 bits per heavy atom. The van der Waals surface area contributed by atoms with Crippen molar-refractivity contribution in [2.75, 3.05) is 14.1 Å². The number of hydrogen-bond donors (Lipinski definition) is 0. The fourth-order valence-electron chi connectivity index (χ4n) is 2.74. The highest BCUT2D eigenvalue weighted by molar-refractivity contribution is 7.12. The molecular weight excluding hydrogens is 368 g/mol. The fourth-order valence-corrected chi connectivity index (χ4v) is 3.69. The zero-order chi connectivity index (χ0) is 18.8. The van der Waals surface area contributed by atoms with Crippen LogP contribution < -0.4 is 0 Å². The van der Waals surface area contributed by atoms with Gasteiger partial charge in [0.2, 0.25) is 0 Å². The first-order valence-electron chi connectivity index (χ1n) is 8.35. The van der Waals surface area contributed by atoms with E-state index in [1.807, 2.05) is 36.9 Å². The van der Waals surface area contributed by atoms with Crippen molar-refractivity contribution < 1.29 is 4.79 Å². The van der Waals surface area contributed by atoms with Gasteiger partial charge in [-0.05, 0) is 30.0 Å². The quantitative estimate of drug-likeness (QED) is 0.471. The Bertz CT molecular complexity index is 971. The zero-order valence-electron chi connectivity index (χ0n) is 15.2. The lowest BCUT2D eigenvalue weighted by atomic mass is 10.0. The molecule has 0 aliphatic heterocycles. The van der Waals surface area contributed by atoms with Crippen LogP contribution in [0.3, 0.4) is 0 Å². The van der Waals surface area contributed by atoms with Gasteiger partial charge in [-0.3, -0.25) is 9.36 Å². The van der Waals surface area contributed by atoms with E-state index >= 15 is 0 Å². The molecule has 26 heavy (non-hydrogen) atoms. The third-order valence-corrected chi connectivity index (χ3v) is 4.88. The molecule has 0 radical (unpaired) electrons. The second-order valence-corrected chi connectivity index (χ2v) is 8.09. The summed E-state index contributed by atoms with van der Waals surface area (Å²) in [5.41, 5.74) is 2.59. The summed E-state index contributed by atoms with van der Waals surface area (Å²) in [7, 11) is 3.63. The van der Waals surface area contributed by atoms with Gasteiger partial charge in [0.1, 0.15) is 5.69 Å². The summed E-state index contributed by atoms with van der Waals surface area (Å²) in [6.45, 7) is 4.39. The molecule has 7 heteroatoms. The van der Waals surface area contributed by atoms with Gasteiger partial charge in [-0.2, -0.15) is 4.99 Å². The van der Waals surface area contributed by atoms with Crippen LogP contribution in [-0.2, 0) is 6.42 Å². The number of amides is 1. The van der Waals surface area contributed by atoms with Crippen LogP contribution in [0.4, 0.5) is 0 Å². The Balaban J connectivity index is 2.03. The van der Waals surface area contributed by atoms with Crippen LogP contribution >= 0.6 is 22.9 Å². The largest absolute Gasteiger partial charge is 0.369 e. The Morgan fingerprint density at radius 2 is 2.19 bits per heavy atom. The first-order chi connectivity index (χ1) is 12.3. The normalized spacial score (nSPS) is 11.8. The lowest BCUT2D eigenvalue weighted by Crippen LogP contribution is -2.10. The van der Waals surface area contributed by atoms with Crippen molar-refractivity contribution in [1.29, 1.82) is 0 Å². The lowest BCUT2D eigenvalue weighted by Gasteiger charge is -2.02. The maximum atomic E-state index is 12.2. The second kappa shape index (κ2) is 7.60. The van der Waals surface area contributed by atoms with E-state index in [-0.39, 0.29) is 5.91 Å². The second-order valence-electron chi connectivity index (χ2n) is 6.81. The van der Waals surface area contributed by atoms with Gasteiger partial charge in [0, 0.05) is 36.1 Å². The molecule has 0 atom stereocenters. The molecule has 0 aliphatic rings. The van der Waals surface area contributed by atoms with E-state index in [9.17, 15) is 4.79 Å². The average Bonchev–Trinajstić information content (AvgIpc) is 3.17. The molecule has 0 unspecified atom stereocenters. The number of aromatic nitrogens is 2. The minimum Gasteiger partial charge on any atom is -0.369 e. The highest BCUT2D eigenvalue weighted by Gasteiger charge is 2.16. The van der Waals surface area contributed by atoms with Gasteiger partial charge in [-0.15, -0.1) is 11.3 Å². The molecule has 3 aromatic rings. The molecule has 136 valence electrons. The first kappa shape index (κ1) is 18.6. The summed E-state index contributed by atoms with van der Waals surface area (Å²) in [5, 5.41) is 4.31. The van der Waals surface area contributed by atoms with Crippen LogP contribution in [0.1, 0.15) is 29.9 Å². The Labute approximate surface area is 161 Å². The minimum atomic E-state index is -0.349. The standard InChI is InChI=1S/C19H21ClN4OS/c1-12(2)7-13-9-24(17-8-14(20)5-6-15(13)17)19-22-16(10-26-19)18(25)21-11-23(3)4/h5-6,8-12H,7H2,1-4H3. The molecule has 0 N–H and O–H groups in total. The number of aliphatic imine (C=N–C) groups is 1. The number of benzene rings is 1. The molecule has 0 fully saturated rings. The van der Waals surface area contributed by atoms with Crippen LogP contribution in [-0.4, -0.2) is 40.8 Å². The summed E-state index contributed by atoms with van der Waals surface area (Å²) in [6, 6.07) is 5.89. The van der Waals surface area contributed by atoms with Gasteiger partial charge in [0.05, 0.1) is 11.9 Å². The Hall–Kier alpha value is -2.18. The predicted octanol–water partition coefficient (Wildman–Crippen LogP) is 4.67. The molecule has 0 spiro atoms. The molecule has 1 amide bonds. The SMILES string of the molecule is CC(C)Cc1cn(-c2nc(C(=O)N=CN(C)C)cs2)c2cc(Cl)ccc12. The van der Waals surface area contributed by atoms with E-state index < -0.39 is 0 Å². The van der Waals surface area contributed by atoms with Crippen LogP contribution in [0.5, 0.6) is 0 Å². The van der Waals surface area contributed by atoms with Gasteiger partial charge in [-0.25, -0.2) is 4.98 Å². The number of fused-ring (bicyclic) bond motifs is 1. The number of carbonyl (C=O) groups is 1. The maximum absolute atomic E-state index is 12.2. The maximum Gasteiger partial charge on any atom is 0.297 e. The molecular formula is C19H21ClN4OS. The van der Waals surface area contributed by atoms with Crippen LogP contribution in [0, 0.1) is 5.92 Å². The third-order valence-electron chi connectivity index (χ3n) is 3.80.